The zero-order valence-corrected chi connectivity index (χ0v) is 23.0. The van der Waals surface area contributed by atoms with Gasteiger partial charge in [-0.1, -0.05) is 53.2 Å². The first-order valence-corrected chi connectivity index (χ1v) is 13.8. The molecule has 0 heterocycles. The zero-order chi connectivity index (χ0) is 25.7. The summed E-state index contributed by atoms with van der Waals surface area (Å²) in [5, 5.41) is 2.96. The molecule has 7 nitrogen and oxygen atoms in total. The van der Waals surface area contributed by atoms with Gasteiger partial charge in [0.2, 0.25) is 21.8 Å². The second-order valence-corrected chi connectivity index (χ2v) is 12.2. The first-order chi connectivity index (χ1) is 15.7. The molecule has 9 heteroatoms. The lowest BCUT2D eigenvalue weighted by Gasteiger charge is -2.34. The van der Waals surface area contributed by atoms with Crippen LogP contribution in [0.4, 0.5) is 5.69 Å². The predicted molar refractivity (Wildman–Crippen MR) is 140 cm³/mol. The number of carbonyl (C=O) groups is 2. The van der Waals surface area contributed by atoms with Gasteiger partial charge < -0.3 is 10.2 Å². The zero-order valence-electron chi connectivity index (χ0n) is 20.6. The molecule has 0 aliphatic carbocycles. The summed E-state index contributed by atoms with van der Waals surface area (Å²) in [7, 11) is -3.76. The smallest absolute Gasteiger partial charge is 0.244 e. The summed E-state index contributed by atoms with van der Waals surface area (Å²) in [6.07, 6.45) is 1.45. The Morgan fingerprint density at radius 1 is 1.09 bits per heavy atom. The Kier molecular flexibility index (Phi) is 9.30. The number of hydrogen-bond acceptors (Lipinski definition) is 4. The molecule has 0 spiro atoms. The Hall–Kier alpha value is -2.39. The van der Waals surface area contributed by atoms with E-state index >= 15 is 0 Å². The van der Waals surface area contributed by atoms with Crippen LogP contribution in [0.2, 0.25) is 0 Å². The number of sulfonamides is 1. The van der Waals surface area contributed by atoms with Crippen LogP contribution in [0.25, 0.3) is 0 Å². The quantitative estimate of drug-likeness (QED) is 0.504. The molecule has 2 aromatic rings. The molecule has 0 fully saturated rings. The highest BCUT2D eigenvalue weighted by atomic mass is 79.9. The van der Waals surface area contributed by atoms with E-state index in [2.05, 4.69) is 21.2 Å². The molecule has 2 amide bonds. The molecule has 0 bridgehead atoms. The Labute approximate surface area is 211 Å². The molecule has 2 rings (SSSR count). The molecule has 2 aromatic carbocycles. The molecule has 186 valence electrons. The second kappa shape index (κ2) is 11.4. The topological polar surface area (TPSA) is 86.8 Å². The average molecular weight is 553 g/mol. The molecule has 0 saturated heterocycles. The van der Waals surface area contributed by atoms with E-state index in [-0.39, 0.29) is 12.5 Å². The number of benzene rings is 2. The summed E-state index contributed by atoms with van der Waals surface area (Å²) >= 11 is 3.36. The lowest BCUT2D eigenvalue weighted by atomic mass is 10.0. The van der Waals surface area contributed by atoms with E-state index < -0.39 is 34.1 Å². The van der Waals surface area contributed by atoms with Crippen LogP contribution in [0.15, 0.2) is 53.0 Å². The lowest BCUT2D eigenvalue weighted by Crippen LogP contribution is -2.55. The van der Waals surface area contributed by atoms with Gasteiger partial charge in [0.25, 0.3) is 0 Å². The fraction of sp³-hybridized carbons (Fsp3) is 0.440. The van der Waals surface area contributed by atoms with E-state index in [1.807, 2.05) is 58.9 Å². The van der Waals surface area contributed by atoms with Gasteiger partial charge in [-0.05, 0) is 63.4 Å². The Morgan fingerprint density at radius 3 is 2.26 bits per heavy atom. The molecule has 0 radical (unpaired) electrons. The summed E-state index contributed by atoms with van der Waals surface area (Å²) in [6.45, 7) is 9.20. The van der Waals surface area contributed by atoms with Crippen LogP contribution >= 0.6 is 15.9 Å². The van der Waals surface area contributed by atoms with Crippen LogP contribution in [0.3, 0.4) is 0 Å². The summed E-state index contributed by atoms with van der Waals surface area (Å²) in [5.41, 5.74) is 1.77. The van der Waals surface area contributed by atoms with Crippen LogP contribution in [0.5, 0.6) is 0 Å². The van der Waals surface area contributed by atoms with Gasteiger partial charge in [-0.15, -0.1) is 0 Å². The van der Waals surface area contributed by atoms with Crippen LogP contribution < -0.4 is 9.62 Å². The van der Waals surface area contributed by atoms with Gasteiger partial charge >= 0.3 is 0 Å². The standard InChI is InChI=1S/C25H34BrN3O4S/c1-7-22(24(31)27-25(3,4)5)28(16-19-12-9-8-11-18(19)2)23(30)17-29(34(6,32)33)21-14-10-13-20(26)15-21/h8-15,22H,7,16-17H2,1-6H3,(H,27,31)/t22-/m1/s1. The number of halogens is 1. The number of nitrogens with zero attached hydrogens (tertiary/aromatic N) is 2. The van der Waals surface area contributed by atoms with Gasteiger partial charge in [-0.3, -0.25) is 13.9 Å². The molecular formula is C25H34BrN3O4S. The number of anilines is 1. The van der Waals surface area contributed by atoms with E-state index in [1.54, 1.807) is 24.3 Å². The van der Waals surface area contributed by atoms with Crippen LogP contribution in [-0.2, 0) is 26.2 Å². The van der Waals surface area contributed by atoms with Gasteiger partial charge in [-0.25, -0.2) is 8.42 Å². The normalized spacial score (nSPS) is 12.7. The summed E-state index contributed by atoms with van der Waals surface area (Å²) in [5.74, 6) is -0.727. The van der Waals surface area contributed by atoms with Crippen molar-refractivity contribution in [1.29, 1.82) is 0 Å². The van der Waals surface area contributed by atoms with Gasteiger partial charge in [-0.2, -0.15) is 0 Å². The maximum absolute atomic E-state index is 13.7. The first-order valence-electron chi connectivity index (χ1n) is 11.1. The molecule has 1 N–H and O–H groups in total. The van der Waals surface area contributed by atoms with Crippen molar-refractivity contribution in [2.24, 2.45) is 0 Å². The molecule has 0 saturated carbocycles. The van der Waals surface area contributed by atoms with Crippen molar-refractivity contribution < 1.29 is 18.0 Å². The molecule has 1 atom stereocenters. The van der Waals surface area contributed by atoms with Gasteiger partial charge in [0.05, 0.1) is 11.9 Å². The minimum absolute atomic E-state index is 0.192. The largest absolute Gasteiger partial charge is 0.350 e. The van der Waals surface area contributed by atoms with Crippen molar-refractivity contribution in [3.05, 3.63) is 64.1 Å². The molecule has 34 heavy (non-hydrogen) atoms. The number of nitrogens with one attached hydrogen (secondary N) is 1. The lowest BCUT2D eigenvalue weighted by molar-refractivity contribution is -0.141. The van der Waals surface area contributed by atoms with Crippen LogP contribution in [-0.4, -0.2) is 49.5 Å². The van der Waals surface area contributed by atoms with E-state index in [0.717, 1.165) is 21.7 Å². The molecule has 0 aliphatic heterocycles. The van der Waals surface area contributed by atoms with E-state index in [9.17, 15) is 18.0 Å². The highest BCUT2D eigenvalue weighted by molar-refractivity contribution is 9.10. The molecule has 0 aliphatic rings. The average Bonchev–Trinajstić information content (AvgIpc) is 2.70. The second-order valence-electron chi connectivity index (χ2n) is 9.36. The van der Waals surface area contributed by atoms with E-state index in [1.165, 1.54) is 4.90 Å². The van der Waals surface area contributed by atoms with Crippen molar-refractivity contribution in [1.82, 2.24) is 10.2 Å². The summed E-state index contributed by atoms with van der Waals surface area (Å²) < 4.78 is 27.0. The maximum Gasteiger partial charge on any atom is 0.244 e. The monoisotopic (exact) mass is 551 g/mol. The highest BCUT2D eigenvalue weighted by Gasteiger charge is 2.33. The SMILES string of the molecule is CC[C@H](C(=O)NC(C)(C)C)N(Cc1ccccc1C)C(=O)CN(c1cccc(Br)c1)S(C)(=O)=O. The maximum atomic E-state index is 13.7. The molecular weight excluding hydrogens is 518 g/mol. The van der Waals surface area contributed by atoms with Crippen LogP contribution in [0.1, 0.15) is 45.2 Å². The minimum atomic E-state index is -3.76. The Balaban J connectivity index is 2.48. The Bertz CT molecular complexity index is 1130. The van der Waals surface area contributed by atoms with Gasteiger partial charge in [0.1, 0.15) is 12.6 Å². The van der Waals surface area contributed by atoms with Crippen molar-refractivity contribution >= 4 is 43.5 Å². The summed E-state index contributed by atoms with van der Waals surface area (Å²) in [4.78, 5) is 28.3. The van der Waals surface area contributed by atoms with Crippen molar-refractivity contribution in [2.75, 3.05) is 17.1 Å². The molecule has 0 unspecified atom stereocenters. The summed E-state index contributed by atoms with van der Waals surface area (Å²) in [6, 6.07) is 13.6. The number of carbonyl (C=O) groups excluding carboxylic acids is 2. The van der Waals surface area contributed by atoms with Gasteiger partial charge in [0.15, 0.2) is 0 Å². The van der Waals surface area contributed by atoms with Crippen molar-refractivity contribution in [2.45, 2.75) is 59.2 Å². The van der Waals surface area contributed by atoms with E-state index in [0.29, 0.717) is 16.6 Å². The third kappa shape index (κ3) is 7.84. The number of amides is 2. The molecule has 0 aromatic heterocycles. The fourth-order valence-electron chi connectivity index (χ4n) is 3.59. The third-order valence-electron chi connectivity index (χ3n) is 5.26. The number of aryl methyl sites for hydroxylation is 1. The third-order valence-corrected chi connectivity index (χ3v) is 6.90. The van der Waals surface area contributed by atoms with Crippen molar-refractivity contribution in [3.8, 4) is 0 Å². The van der Waals surface area contributed by atoms with Crippen LogP contribution in [0, 0.1) is 6.92 Å². The Morgan fingerprint density at radius 2 is 1.74 bits per heavy atom. The highest BCUT2D eigenvalue weighted by Crippen LogP contribution is 2.23. The first kappa shape index (κ1) is 27.9. The minimum Gasteiger partial charge on any atom is -0.350 e. The van der Waals surface area contributed by atoms with Gasteiger partial charge in [0, 0.05) is 16.6 Å². The number of hydrogen-bond donors (Lipinski definition) is 1. The number of rotatable bonds is 9. The predicted octanol–water partition coefficient (Wildman–Crippen LogP) is 4.25. The van der Waals surface area contributed by atoms with E-state index in [4.69, 9.17) is 0 Å². The fourth-order valence-corrected chi connectivity index (χ4v) is 4.82. The van der Waals surface area contributed by atoms with Crippen molar-refractivity contribution in [3.63, 3.8) is 0 Å².